The number of pyridine rings is 2. The molecular formula is C36H33F4N7O7S. The molecule has 0 saturated carbocycles. The average Bonchev–Trinajstić information content (AvgIpc) is 3.15. The van der Waals surface area contributed by atoms with Gasteiger partial charge in [0.15, 0.2) is 34.6 Å². The van der Waals surface area contributed by atoms with Gasteiger partial charge in [-0.15, -0.1) is 0 Å². The van der Waals surface area contributed by atoms with Crippen molar-refractivity contribution in [1.82, 2.24) is 29.1 Å². The fraction of sp³-hybridized carbons (Fsp3) is 0.278. The lowest BCUT2D eigenvalue weighted by molar-refractivity contribution is 0.0903. The Morgan fingerprint density at radius 3 is 1.71 bits per heavy atom. The number of anilines is 1. The largest absolute Gasteiger partial charge is 0.448 e. The standard InChI is InChI=1S/C20H20F2N4O3.C16H13F2N3O4S/c1-2-26-18-12(11-23-20(25-18)24-14-5-7-28-8-6-14)9-17(19(26)27)29-16-4-3-13(21)10-15(16)22;1-3-21-14-9(8-19-16(20-14)26(2,23)24)6-13(15(21)22)25-12-5-4-10(17)7-11(12)18/h3-4,9-11,14H,2,5-8H2,1H3,(H,23,24,25);4-8H,3H2,1-2H3. The third kappa shape index (κ3) is 8.73. The Morgan fingerprint density at radius 2 is 1.24 bits per heavy atom. The van der Waals surface area contributed by atoms with Crippen molar-refractivity contribution in [2.75, 3.05) is 24.8 Å². The number of sulfone groups is 1. The molecule has 2 aromatic carbocycles. The van der Waals surface area contributed by atoms with Crippen LogP contribution in [0.2, 0.25) is 0 Å². The van der Waals surface area contributed by atoms with Crippen LogP contribution in [-0.4, -0.2) is 63.0 Å². The number of rotatable bonds is 9. The fourth-order valence-corrected chi connectivity index (χ4v) is 6.10. The molecule has 6 aromatic rings. The first kappa shape index (κ1) is 38.8. The van der Waals surface area contributed by atoms with Crippen LogP contribution < -0.4 is 25.9 Å². The number of aromatic nitrogens is 6. The van der Waals surface area contributed by atoms with Crippen LogP contribution in [-0.2, 0) is 27.7 Å². The summed E-state index contributed by atoms with van der Waals surface area (Å²) >= 11 is 0. The van der Waals surface area contributed by atoms with Gasteiger partial charge in [0.1, 0.15) is 22.9 Å². The number of aryl methyl sites for hydroxylation is 2. The van der Waals surface area contributed by atoms with E-state index in [2.05, 4.69) is 25.3 Å². The van der Waals surface area contributed by atoms with Crippen molar-refractivity contribution < 1.29 is 40.2 Å². The molecule has 7 rings (SSSR count). The Balaban J connectivity index is 0.000000188. The van der Waals surface area contributed by atoms with Crippen LogP contribution in [0.3, 0.4) is 0 Å². The van der Waals surface area contributed by atoms with Gasteiger partial charge in [0, 0.05) is 73.9 Å². The molecule has 55 heavy (non-hydrogen) atoms. The summed E-state index contributed by atoms with van der Waals surface area (Å²) in [4.78, 5) is 42.0. The summed E-state index contributed by atoms with van der Waals surface area (Å²) in [6.45, 7) is 5.34. The number of hydrogen-bond acceptors (Lipinski definition) is 12. The van der Waals surface area contributed by atoms with Crippen molar-refractivity contribution >= 4 is 37.9 Å². The molecule has 4 aromatic heterocycles. The molecule has 288 valence electrons. The monoisotopic (exact) mass is 783 g/mol. The second-order valence-corrected chi connectivity index (χ2v) is 14.1. The Labute approximate surface area is 310 Å². The van der Waals surface area contributed by atoms with E-state index in [0.29, 0.717) is 54.3 Å². The minimum atomic E-state index is -3.65. The minimum Gasteiger partial charge on any atom is -0.448 e. The van der Waals surface area contributed by atoms with E-state index in [9.17, 15) is 35.6 Å². The van der Waals surface area contributed by atoms with E-state index in [1.807, 2.05) is 0 Å². The molecule has 1 saturated heterocycles. The lowest BCUT2D eigenvalue weighted by Gasteiger charge is -2.23. The highest BCUT2D eigenvalue weighted by molar-refractivity contribution is 7.90. The number of hydrogen-bond donors (Lipinski definition) is 1. The molecule has 1 aliphatic rings. The first-order valence-electron chi connectivity index (χ1n) is 16.9. The molecule has 14 nitrogen and oxygen atoms in total. The van der Waals surface area contributed by atoms with Gasteiger partial charge in [-0.25, -0.2) is 35.9 Å². The number of ether oxygens (including phenoxy) is 3. The highest BCUT2D eigenvalue weighted by Gasteiger charge is 2.20. The normalized spacial score (nSPS) is 13.4. The third-order valence-electron chi connectivity index (χ3n) is 8.31. The van der Waals surface area contributed by atoms with Crippen molar-refractivity contribution in [3.8, 4) is 23.0 Å². The van der Waals surface area contributed by atoms with Crippen LogP contribution in [0.5, 0.6) is 23.0 Å². The SMILES string of the molecule is CCn1c(=O)c(Oc2ccc(F)cc2F)cc2cnc(NC3CCOCC3)nc21.CCn1c(=O)c(Oc2ccc(F)cc2F)cc2cnc(S(C)(=O)=O)nc21. The van der Waals surface area contributed by atoms with E-state index in [-0.39, 0.29) is 41.2 Å². The first-order chi connectivity index (χ1) is 26.2. The number of benzene rings is 2. The van der Waals surface area contributed by atoms with E-state index in [1.165, 1.54) is 27.5 Å². The molecule has 19 heteroatoms. The molecule has 0 unspecified atom stereocenters. The van der Waals surface area contributed by atoms with Gasteiger partial charge in [-0.2, -0.15) is 9.97 Å². The predicted molar refractivity (Wildman–Crippen MR) is 192 cm³/mol. The molecule has 1 N–H and O–H groups in total. The van der Waals surface area contributed by atoms with Gasteiger partial charge in [-0.3, -0.25) is 18.7 Å². The summed E-state index contributed by atoms with van der Waals surface area (Å²) in [6.07, 6.45) is 5.50. The molecule has 0 atom stereocenters. The summed E-state index contributed by atoms with van der Waals surface area (Å²) in [7, 11) is -3.65. The van der Waals surface area contributed by atoms with Crippen LogP contribution in [0.1, 0.15) is 26.7 Å². The molecule has 0 spiro atoms. The van der Waals surface area contributed by atoms with Crippen molar-refractivity contribution in [3.63, 3.8) is 0 Å². The van der Waals surface area contributed by atoms with Gasteiger partial charge in [0.2, 0.25) is 20.9 Å². The van der Waals surface area contributed by atoms with Gasteiger partial charge in [-0.1, -0.05) is 0 Å². The predicted octanol–water partition coefficient (Wildman–Crippen LogP) is 5.76. The van der Waals surface area contributed by atoms with E-state index in [0.717, 1.165) is 43.4 Å². The van der Waals surface area contributed by atoms with Gasteiger partial charge in [0.05, 0.1) is 0 Å². The summed E-state index contributed by atoms with van der Waals surface area (Å²) in [5.41, 5.74) is -0.532. The van der Waals surface area contributed by atoms with Crippen LogP contribution in [0.25, 0.3) is 22.1 Å². The molecule has 0 bridgehead atoms. The average molecular weight is 784 g/mol. The van der Waals surface area contributed by atoms with E-state index in [1.54, 1.807) is 20.0 Å². The number of fused-ring (bicyclic) bond motifs is 2. The summed E-state index contributed by atoms with van der Waals surface area (Å²) in [5.74, 6) is -3.78. The maximum absolute atomic E-state index is 13.9. The zero-order valence-corrected chi connectivity index (χ0v) is 30.4. The van der Waals surface area contributed by atoms with Crippen LogP contribution in [0.4, 0.5) is 23.5 Å². The van der Waals surface area contributed by atoms with E-state index < -0.39 is 49.4 Å². The maximum atomic E-state index is 13.9. The Bertz CT molecular complexity index is 2640. The molecule has 5 heterocycles. The lowest BCUT2D eigenvalue weighted by atomic mass is 10.1. The smallest absolute Gasteiger partial charge is 0.295 e. The van der Waals surface area contributed by atoms with Gasteiger partial charge in [0.25, 0.3) is 11.1 Å². The second kappa shape index (κ2) is 16.2. The van der Waals surface area contributed by atoms with Gasteiger partial charge >= 0.3 is 0 Å². The van der Waals surface area contributed by atoms with E-state index in [4.69, 9.17) is 14.2 Å². The van der Waals surface area contributed by atoms with Crippen molar-refractivity contribution in [2.24, 2.45) is 0 Å². The van der Waals surface area contributed by atoms with E-state index >= 15 is 0 Å². The zero-order valence-electron chi connectivity index (χ0n) is 29.6. The zero-order chi connectivity index (χ0) is 39.4. The summed E-state index contributed by atoms with van der Waals surface area (Å²) in [6, 6.07) is 8.56. The Hall–Kier alpha value is -5.95. The summed E-state index contributed by atoms with van der Waals surface area (Å²) < 4.78 is 95.8. The Kier molecular flexibility index (Phi) is 11.4. The molecular weight excluding hydrogens is 750 g/mol. The quantitative estimate of drug-likeness (QED) is 0.139. The number of halogens is 4. The lowest BCUT2D eigenvalue weighted by Crippen LogP contribution is -2.29. The van der Waals surface area contributed by atoms with Crippen LogP contribution in [0, 0.1) is 23.3 Å². The highest BCUT2D eigenvalue weighted by atomic mass is 32.2. The van der Waals surface area contributed by atoms with Crippen LogP contribution in [0.15, 0.2) is 75.7 Å². The molecule has 0 amide bonds. The van der Waals surface area contributed by atoms with Gasteiger partial charge < -0.3 is 19.5 Å². The van der Waals surface area contributed by atoms with Crippen LogP contribution >= 0.6 is 0 Å². The van der Waals surface area contributed by atoms with Crippen molar-refractivity contribution in [2.45, 2.75) is 51.0 Å². The first-order valence-corrected chi connectivity index (χ1v) is 18.8. The summed E-state index contributed by atoms with van der Waals surface area (Å²) in [5, 5.41) is 3.77. The molecule has 0 aliphatic carbocycles. The second-order valence-electron chi connectivity index (χ2n) is 12.2. The maximum Gasteiger partial charge on any atom is 0.295 e. The number of nitrogens with zero attached hydrogens (tertiary/aromatic N) is 6. The van der Waals surface area contributed by atoms with Crippen molar-refractivity contribution in [3.05, 3.63) is 105 Å². The molecule has 0 radical (unpaired) electrons. The topological polar surface area (TPSA) is 169 Å². The molecule has 1 aliphatic heterocycles. The highest BCUT2D eigenvalue weighted by Crippen LogP contribution is 2.27. The minimum absolute atomic E-state index is 0.0846. The van der Waals surface area contributed by atoms with Crippen molar-refractivity contribution in [1.29, 1.82) is 0 Å². The number of nitrogens with one attached hydrogen (secondary N) is 1. The fourth-order valence-electron chi connectivity index (χ4n) is 5.61. The Morgan fingerprint density at radius 1 is 0.745 bits per heavy atom. The molecule has 1 fully saturated rings. The third-order valence-corrected chi connectivity index (χ3v) is 9.17. The van der Waals surface area contributed by atoms with Gasteiger partial charge in [-0.05, 0) is 63.1 Å².